The van der Waals surface area contributed by atoms with Gasteiger partial charge in [-0.3, -0.25) is 0 Å². The number of fused-ring (bicyclic) bond motifs is 1. The highest BCUT2D eigenvalue weighted by Gasteiger charge is 2.23. The Balaban J connectivity index is 2.02. The molecule has 0 aliphatic heterocycles. The van der Waals surface area contributed by atoms with Crippen molar-refractivity contribution in [3.63, 3.8) is 0 Å². The first-order valence-electron chi connectivity index (χ1n) is 7.83. The molecule has 0 unspecified atom stereocenters. The van der Waals surface area contributed by atoms with Gasteiger partial charge in [-0.1, -0.05) is 53.1 Å². The van der Waals surface area contributed by atoms with Crippen LogP contribution in [0.4, 0.5) is 17.6 Å². The van der Waals surface area contributed by atoms with Crippen molar-refractivity contribution in [3.05, 3.63) is 81.6 Å². The van der Waals surface area contributed by atoms with Crippen molar-refractivity contribution in [2.75, 3.05) is 0 Å². The molecule has 5 heteroatoms. The first-order chi connectivity index (χ1) is 12.7. The molecule has 0 fully saturated rings. The summed E-state index contributed by atoms with van der Waals surface area (Å²) in [6.07, 6.45) is -4.72. The second kappa shape index (κ2) is 7.35. The predicted molar refractivity (Wildman–Crippen MR) is 99.0 cm³/mol. The molecule has 27 heavy (non-hydrogen) atoms. The van der Waals surface area contributed by atoms with E-state index in [-0.39, 0.29) is 10.4 Å². The Hall–Kier alpha value is -2.95. The first-order valence-corrected chi connectivity index (χ1v) is 8.21. The molecule has 0 nitrogen and oxygen atoms in total. The maximum atomic E-state index is 14.5. The fourth-order valence-electron chi connectivity index (χ4n) is 2.44. The van der Waals surface area contributed by atoms with Gasteiger partial charge in [-0.05, 0) is 42.6 Å². The third-order valence-electron chi connectivity index (χ3n) is 3.76. The maximum Gasteiger partial charge on any atom is 0.458 e. The van der Waals surface area contributed by atoms with Crippen LogP contribution in [0.15, 0.2) is 48.5 Å². The largest absolute Gasteiger partial charge is 0.458 e. The van der Waals surface area contributed by atoms with Crippen LogP contribution in [0.5, 0.6) is 0 Å². The first kappa shape index (κ1) is 18.8. The average molecular weight is 387 g/mol. The molecule has 0 aliphatic rings. The van der Waals surface area contributed by atoms with E-state index in [0.29, 0.717) is 10.9 Å². The van der Waals surface area contributed by atoms with Gasteiger partial charge in [0, 0.05) is 22.4 Å². The van der Waals surface area contributed by atoms with Crippen LogP contribution >= 0.6 is 11.6 Å². The van der Waals surface area contributed by atoms with E-state index in [1.165, 1.54) is 12.1 Å². The number of rotatable bonds is 0. The van der Waals surface area contributed by atoms with Crippen LogP contribution in [0.25, 0.3) is 10.8 Å². The monoisotopic (exact) mass is 386 g/mol. The number of hydrogen-bond acceptors (Lipinski definition) is 0. The van der Waals surface area contributed by atoms with Crippen molar-refractivity contribution >= 4 is 22.4 Å². The van der Waals surface area contributed by atoms with Gasteiger partial charge in [0.05, 0.1) is 10.6 Å². The van der Waals surface area contributed by atoms with Gasteiger partial charge in [0.25, 0.3) is 0 Å². The second-order valence-electron chi connectivity index (χ2n) is 5.85. The number of aryl methyl sites for hydroxylation is 1. The summed E-state index contributed by atoms with van der Waals surface area (Å²) in [4.78, 5) is 0. The fraction of sp³-hybridized carbons (Fsp3) is 0.0909. The lowest BCUT2D eigenvalue weighted by atomic mass is 10.0. The van der Waals surface area contributed by atoms with Gasteiger partial charge in [-0.25, -0.2) is 4.39 Å². The molecule has 3 aromatic carbocycles. The maximum absolute atomic E-state index is 14.5. The minimum Gasteiger partial charge on any atom is -0.205 e. The van der Waals surface area contributed by atoms with Gasteiger partial charge < -0.3 is 0 Å². The number of alkyl halides is 3. The van der Waals surface area contributed by atoms with Gasteiger partial charge in [-0.2, -0.15) is 13.2 Å². The van der Waals surface area contributed by atoms with Gasteiger partial charge in [0.2, 0.25) is 0 Å². The van der Waals surface area contributed by atoms with Crippen LogP contribution < -0.4 is 0 Å². The summed E-state index contributed by atoms with van der Waals surface area (Å²) in [6, 6.07) is 13.8. The molecular formula is C22H11ClF4. The van der Waals surface area contributed by atoms with E-state index in [0.717, 1.165) is 17.0 Å². The summed E-state index contributed by atoms with van der Waals surface area (Å²) in [5.74, 6) is 7.91. The second-order valence-corrected chi connectivity index (χ2v) is 6.25. The lowest BCUT2D eigenvalue weighted by Crippen LogP contribution is -2.02. The van der Waals surface area contributed by atoms with Crippen molar-refractivity contribution < 1.29 is 17.6 Å². The molecule has 3 rings (SSSR count). The molecule has 0 amide bonds. The zero-order valence-electron chi connectivity index (χ0n) is 14.0. The molecule has 0 aromatic heterocycles. The average Bonchev–Trinajstić information content (AvgIpc) is 2.60. The van der Waals surface area contributed by atoms with Crippen LogP contribution in [-0.4, -0.2) is 6.18 Å². The van der Waals surface area contributed by atoms with E-state index < -0.39 is 17.6 Å². The molecule has 0 spiro atoms. The third kappa shape index (κ3) is 4.61. The van der Waals surface area contributed by atoms with E-state index in [2.05, 4.69) is 11.8 Å². The zero-order valence-corrected chi connectivity index (χ0v) is 14.8. The number of halogens is 5. The van der Waals surface area contributed by atoms with Gasteiger partial charge in [-0.15, -0.1) is 0 Å². The standard InChI is InChI=1S/C22H11ClF4/c1-14-2-4-15(5-3-14)6-7-16-8-9-18-17(12-16)13-20(23)19(21(18)24)10-11-22(25,26)27/h2-5,8-9,12-13H,1H3. The van der Waals surface area contributed by atoms with E-state index >= 15 is 0 Å². The van der Waals surface area contributed by atoms with Gasteiger partial charge in [0.15, 0.2) is 0 Å². The highest BCUT2D eigenvalue weighted by atomic mass is 35.5. The summed E-state index contributed by atoms with van der Waals surface area (Å²) in [7, 11) is 0. The zero-order chi connectivity index (χ0) is 19.6. The molecule has 0 atom stereocenters. The normalized spacial score (nSPS) is 10.7. The molecule has 0 bridgehead atoms. The van der Waals surface area contributed by atoms with Crippen molar-refractivity contribution in [1.82, 2.24) is 0 Å². The van der Waals surface area contributed by atoms with Crippen LogP contribution in [0.3, 0.4) is 0 Å². The molecule has 0 saturated carbocycles. The topological polar surface area (TPSA) is 0 Å². The molecule has 0 radical (unpaired) electrons. The summed E-state index contributed by atoms with van der Waals surface area (Å²) >= 11 is 5.93. The van der Waals surface area contributed by atoms with Crippen LogP contribution in [0, 0.1) is 36.4 Å². The SMILES string of the molecule is Cc1ccc(C#Cc2ccc3c(F)c(C#CC(F)(F)F)c(Cl)cc3c2)cc1. The summed E-state index contributed by atoms with van der Waals surface area (Å²) in [5.41, 5.74) is 2.12. The lowest BCUT2D eigenvalue weighted by molar-refractivity contribution is -0.0696. The Labute approximate surface area is 158 Å². The third-order valence-corrected chi connectivity index (χ3v) is 4.06. The van der Waals surface area contributed by atoms with Crippen LogP contribution in [0.2, 0.25) is 5.02 Å². The van der Waals surface area contributed by atoms with Crippen LogP contribution in [0.1, 0.15) is 22.3 Å². The molecule has 0 saturated heterocycles. The van der Waals surface area contributed by atoms with Crippen LogP contribution in [-0.2, 0) is 0 Å². The minimum absolute atomic E-state index is 0.131. The highest BCUT2D eigenvalue weighted by Crippen LogP contribution is 2.28. The van der Waals surface area contributed by atoms with E-state index in [1.54, 1.807) is 18.1 Å². The number of benzene rings is 3. The molecule has 0 aliphatic carbocycles. The lowest BCUT2D eigenvalue weighted by Gasteiger charge is -2.05. The fourth-order valence-corrected chi connectivity index (χ4v) is 2.68. The quantitative estimate of drug-likeness (QED) is 0.316. The minimum atomic E-state index is -4.72. The Bertz CT molecular complexity index is 1140. The summed E-state index contributed by atoms with van der Waals surface area (Å²) in [5, 5.41) is 0.387. The number of hydrogen-bond donors (Lipinski definition) is 0. The predicted octanol–water partition coefficient (Wildman–Crippen LogP) is 6.25. The summed E-state index contributed by atoms with van der Waals surface area (Å²) < 4.78 is 51.3. The van der Waals surface area contributed by atoms with Crippen molar-refractivity contribution in [3.8, 4) is 23.7 Å². The highest BCUT2D eigenvalue weighted by molar-refractivity contribution is 6.32. The Morgan fingerprint density at radius 3 is 2.15 bits per heavy atom. The molecule has 0 heterocycles. The molecule has 0 N–H and O–H groups in total. The Morgan fingerprint density at radius 1 is 0.852 bits per heavy atom. The van der Waals surface area contributed by atoms with E-state index in [1.807, 2.05) is 31.2 Å². The van der Waals surface area contributed by atoms with Gasteiger partial charge >= 0.3 is 6.18 Å². The smallest absolute Gasteiger partial charge is 0.205 e. The van der Waals surface area contributed by atoms with Crippen molar-refractivity contribution in [1.29, 1.82) is 0 Å². The van der Waals surface area contributed by atoms with Crippen molar-refractivity contribution in [2.45, 2.75) is 13.1 Å². The summed E-state index contributed by atoms with van der Waals surface area (Å²) in [6.45, 7) is 1.98. The Kier molecular flexibility index (Phi) is 5.13. The van der Waals surface area contributed by atoms with E-state index in [9.17, 15) is 17.6 Å². The van der Waals surface area contributed by atoms with Crippen molar-refractivity contribution in [2.24, 2.45) is 0 Å². The van der Waals surface area contributed by atoms with E-state index in [4.69, 9.17) is 11.6 Å². The van der Waals surface area contributed by atoms with Gasteiger partial charge in [0.1, 0.15) is 5.82 Å². The molecule has 134 valence electrons. The molecular weight excluding hydrogens is 376 g/mol. The molecule has 3 aromatic rings. The Morgan fingerprint density at radius 2 is 1.48 bits per heavy atom.